The SMILES string of the molecule is CCC1c2ccccc2-c2c(Cc3ccccc3)cccc21. The number of rotatable bonds is 3. The normalized spacial score (nSPS) is 15.4. The van der Waals surface area contributed by atoms with Crippen molar-refractivity contribution in [2.24, 2.45) is 0 Å². The predicted octanol–water partition coefficient (Wildman–Crippen LogP) is 5.80. The fourth-order valence-electron chi connectivity index (χ4n) is 3.84. The van der Waals surface area contributed by atoms with Gasteiger partial charge < -0.3 is 0 Å². The second-order valence-electron chi connectivity index (χ2n) is 6.09. The Hall–Kier alpha value is -2.34. The maximum Gasteiger partial charge on any atom is 0.00991 e. The Morgan fingerprint density at radius 3 is 2.27 bits per heavy atom. The van der Waals surface area contributed by atoms with Crippen molar-refractivity contribution in [1.82, 2.24) is 0 Å². The van der Waals surface area contributed by atoms with E-state index in [0.29, 0.717) is 5.92 Å². The molecule has 0 aromatic heterocycles. The van der Waals surface area contributed by atoms with E-state index in [1.165, 1.54) is 39.8 Å². The topological polar surface area (TPSA) is 0 Å². The van der Waals surface area contributed by atoms with Crippen LogP contribution in [0.15, 0.2) is 72.8 Å². The molecule has 22 heavy (non-hydrogen) atoms. The molecule has 1 aliphatic rings. The summed E-state index contributed by atoms with van der Waals surface area (Å²) < 4.78 is 0. The molecule has 0 N–H and O–H groups in total. The van der Waals surface area contributed by atoms with Crippen molar-refractivity contribution in [3.8, 4) is 11.1 Å². The van der Waals surface area contributed by atoms with Crippen LogP contribution in [-0.2, 0) is 6.42 Å². The fourth-order valence-corrected chi connectivity index (χ4v) is 3.84. The molecule has 3 aromatic carbocycles. The molecule has 0 saturated carbocycles. The van der Waals surface area contributed by atoms with Crippen molar-refractivity contribution >= 4 is 0 Å². The lowest BCUT2D eigenvalue weighted by molar-refractivity contribution is 0.796. The van der Waals surface area contributed by atoms with Gasteiger partial charge in [0, 0.05) is 5.92 Å². The Balaban J connectivity index is 1.87. The zero-order valence-electron chi connectivity index (χ0n) is 12.9. The van der Waals surface area contributed by atoms with Gasteiger partial charge in [0.25, 0.3) is 0 Å². The minimum absolute atomic E-state index is 0.557. The van der Waals surface area contributed by atoms with Crippen molar-refractivity contribution in [3.05, 3.63) is 95.1 Å². The van der Waals surface area contributed by atoms with Crippen LogP contribution in [0.2, 0.25) is 0 Å². The molecule has 0 heteroatoms. The van der Waals surface area contributed by atoms with Gasteiger partial charge in [0.15, 0.2) is 0 Å². The van der Waals surface area contributed by atoms with Gasteiger partial charge in [-0.25, -0.2) is 0 Å². The number of hydrogen-bond donors (Lipinski definition) is 0. The highest BCUT2D eigenvalue weighted by Gasteiger charge is 2.28. The van der Waals surface area contributed by atoms with E-state index in [-0.39, 0.29) is 0 Å². The highest BCUT2D eigenvalue weighted by Crippen LogP contribution is 2.47. The van der Waals surface area contributed by atoms with Gasteiger partial charge in [-0.1, -0.05) is 79.7 Å². The highest BCUT2D eigenvalue weighted by atomic mass is 14.3. The summed E-state index contributed by atoms with van der Waals surface area (Å²) in [5.74, 6) is 0.557. The maximum atomic E-state index is 2.32. The van der Waals surface area contributed by atoms with Crippen LogP contribution in [0.5, 0.6) is 0 Å². The summed E-state index contributed by atoms with van der Waals surface area (Å²) in [6.07, 6.45) is 2.17. The van der Waals surface area contributed by atoms with Crippen LogP contribution in [0.4, 0.5) is 0 Å². The summed E-state index contributed by atoms with van der Waals surface area (Å²) in [4.78, 5) is 0. The molecule has 0 nitrogen and oxygen atoms in total. The van der Waals surface area contributed by atoms with Crippen molar-refractivity contribution < 1.29 is 0 Å². The van der Waals surface area contributed by atoms with Crippen molar-refractivity contribution in [2.75, 3.05) is 0 Å². The largest absolute Gasteiger partial charge is 0.0645 e. The Morgan fingerprint density at radius 2 is 1.45 bits per heavy atom. The number of hydrogen-bond acceptors (Lipinski definition) is 0. The first-order valence-corrected chi connectivity index (χ1v) is 8.13. The van der Waals surface area contributed by atoms with E-state index in [9.17, 15) is 0 Å². The quantitative estimate of drug-likeness (QED) is 0.570. The molecule has 0 radical (unpaired) electrons. The molecule has 0 aliphatic heterocycles. The van der Waals surface area contributed by atoms with E-state index >= 15 is 0 Å². The lowest BCUT2D eigenvalue weighted by atomic mass is 9.92. The monoisotopic (exact) mass is 284 g/mol. The third-order valence-electron chi connectivity index (χ3n) is 4.81. The second kappa shape index (κ2) is 5.46. The number of benzene rings is 3. The standard InChI is InChI=1S/C22H20/c1-2-18-19-12-6-7-13-21(19)22-17(11-8-14-20(18)22)15-16-9-4-3-5-10-16/h3-14,18H,2,15H2,1H3. The summed E-state index contributed by atoms with van der Waals surface area (Å²) >= 11 is 0. The predicted molar refractivity (Wildman–Crippen MR) is 93.3 cm³/mol. The van der Waals surface area contributed by atoms with E-state index in [4.69, 9.17) is 0 Å². The first-order valence-electron chi connectivity index (χ1n) is 8.13. The molecule has 0 spiro atoms. The molecule has 0 heterocycles. The summed E-state index contributed by atoms with van der Waals surface area (Å²) in [6, 6.07) is 26.5. The molecule has 0 amide bonds. The van der Waals surface area contributed by atoms with Gasteiger partial charge in [-0.3, -0.25) is 0 Å². The third-order valence-corrected chi connectivity index (χ3v) is 4.81. The Morgan fingerprint density at radius 1 is 0.727 bits per heavy atom. The van der Waals surface area contributed by atoms with Crippen LogP contribution < -0.4 is 0 Å². The third kappa shape index (κ3) is 2.07. The second-order valence-corrected chi connectivity index (χ2v) is 6.09. The first-order chi connectivity index (χ1) is 10.9. The average Bonchev–Trinajstić information content (AvgIpc) is 2.90. The van der Waals surface area contributed by atoms with Crippen LogP contribution in [0, 0.1) is 0 Å². The summed E-state index contributed by atoms with van der Waals surface area (Å²) in [5, 5.41) is 0. The molecule has 0 bridgehead atoms. The van der Waals surface area contributed by atoms with Gasteiger partial charge in [0.05, 0.1) is 0 Å². The maximum absolute atomic E-state index is 2.32. The summed E-state index contributed by atoms with van der Waals surface area (Å²) in [6.45, 7) is 2.29. The van der Waals surface area contributed by atoms with E-state index < -0.39 is 0 Å². The Labute approximate surface area is 132 Å². The molecule has 0 fully saturated rings. The van der Waals surface area contributed by atoms with Gasteiger partial charge in [-0.05, 0) is 46.2 Å². The number of fused-ring (bicyclic) bond motifs is 3. The zero-order valence-corrected chi connectivity index (χ0v) is 12.9. The van der Waals surface area contributed by atoms with Crippen molar-refractivity contribution in [2.45, 2.75) is 25.7 Å². The molecule has 1 aliphatic carbocycles. The van der Waals surface area contributed by atoms with Gasteiger partial charge in [0.1, 0.15) is 0 Å². The molecule has 3 aromatic rings. The van der Waals surface area contributed by atoms with E-state index in [2.05, 4.69) is 79.7 Å². The molecular formula is C22H20. The first kappa shape index (κ1) is 13.3. The van der Waals surface area contributed by atoms with Crippen molar-refractivity contribution in [3.63, 3.8) is 0 Å². The van der Waals surface area contributed by atoms with Gasteiger partial charge in [-0.15, -0.1) is 0 Å². The lowest BCUT2D eigenvalue weighted by Gasteiger charge is -2.12. The molecular weight excluding hydrogens is 264 g/mol. The zero-order chi connectivity index (χ0) is 14.9. The van der Waals surface area contributed by atoms with Gasteiger partial charge in [-0.2, -0.15) is 0 Å². The average molecular weight is 284 g/mol. The molecule has 4 rings (SSSR count). The van der Waals surface area contributed by atoms with Gasteiger partial charge >= 0.3 is 0 Å². The van der Waals surface area contributed by atoms with E-state index in [1.54, 1.807) is 0 Å². The van der Waals surface area contributed by atoms with Crippen LogP contribution in [0.1, 0.15) is 41.5 Å². The minimum atomic E-state index is 0.557. The summed E-state index contributed by atoms with van der Waals surface area (Å²) in [7, 11) is 0. The van der Waals surface area contributed by atoms with E-state index in [0.717, 1.165) is 6.42 Å². The van der Waals surface area contributed by atoms with E-state index in [1.807, 2.05) is 0 Å². The fraction of sp³-hybridized carbons (Fsp3) is 0.182. The molecule has 1 unspecified atom stereocenters. The van der Waals surface area contributed by atoms with Gasteiger partial charge in [0.2, 0.25) is 0 Å². The molecule has 0 saturated heterocycles. The highest BCUT2D eigenvalue weighted by molar-refractivity contribution is 5.81. The summed E-state index contributed by atoms with van der Waals surface area (Å²) in [5.41, 5.74) is 8.77. The minimum Gasteiger partial charge on any atom is -0.0645 e. The Kier molecular flexibility index (Phi) is 3.31. The van der Waals surface area contributed by atoms with Crippen LogP contribution in [0.25, 0.3) is 11.1 Å². The van der Waals surface area contributed by atoms with Crippen LogP contribution in [-0.4, -0.2) is 0 Å². The smallest absolute Gasteiger partial charge is 0.00991 e. The van der Waals surface area contributed by atoms with Crippen molar-refractivity contribution in [1.29, 1.82) is 0 Å². The van der Waals surface area contributed by atoms with Crippen LogP contribution >= 0.6 is 0 Å². The molecule has 1 atom stereocenters. The Bertz CT molecular complexity index is 799. The van der Waals surface area contributed by atoms with Crippen LogP contribution in [0.3, 0.4) is 0 Å². The lowest BCUT2D eigenvalue weighted by Crippen LogP contribution is -1.95. The molecule has 108 valence electrons.